The van der Waals surface area contributed by atoms with Gasteiger partial charge in [-0.1, -0.05) is 6.07 Å². The molecule has 2 N–H and O–H groups in total. The van der Waals surface area contributed by atoms with Gasteiger partial charge in [0.1, 0.15) is 11.9 Å². The molecule has 0 aliphatic carbocycles. The molecule has 1 aromatic rings. The van der Waals surface area contributed by atoms with Gasteiger partial charge >= 0.3 is 5.97 Å². The molecule has 110 valence electrons. The van der Waals surface area contributed by atoms with Crippen LogP contribution in [-0.4, -0.2) is 47.6 Å². The Morgan fingerprint density at radius 1 is 1.45 bits per heavy atom. The number of sulfonamides is 1. The van der Waals surface area contributed by atoms with Crippen molar-refractivity contribution in [2.75, 3.05) is 6.54 Å². The third kappa shape index (κ3) is 2.54. The van der Waals surface area contributed by atoms with E-state index in [1.54, 1.807) is 0 Å². The van der Waals surface area contributed by atoms with E-state index in [0.717, 1.165) is 12.1 Å². The first-order chi connectivity index (χ1) is 9.23. The van der Waals surface area contributed by atoms with Crippen LogP contribution in [0.5, 0.6) is 0 Å². The van der Waals surface area contributed by atoms with Crippen LogP contribution in [0.2, 0.25) is 0 Å². The molecule has 0 radical (unpaired) electrons. The van der Waals surface area contributed by atoms with Crippen molar-refractivity contribution in [1.29, 1.82) is 0 Å². The van der Waals surface area contributed by atoms with E-state index >= 15 is 0 Å². The highest BCUT2D eigenvalue weighted by Gasteiger charge is 2.44. The van der Waals surface area contributed by atoms with Crippen LogP contribution in [0.1, 0.15) is 12.0 Å². The fraction of sp³-hybridized carbons (Fsp3) is 0.417. The highest BCUT2D eigenvalue weighted by atomic mass is 32.2. The average Bonchev–Trinajstić information content (AvgIpc) is 2.75. The van der Waals surface area contributed by atoms with Crippen molar-refractivity contribution in [2.45, 2.75) is 30.4 Å². The van der Waals surface area contributed by atoms with Crippen LogP contribution in [0.3, 0.4) is 0 Å². The number of carboxylic acids is 1. The lowest BCUT2D eigenvalue weighted by molar-refractivity contribution is -0.140. The quantitative estimate of drug-likeness (QED) is 0.840. The SMILES string of the molecule is Cc1ccc(F)cc1S(=O)(=O)N1C[C@H](O)C[C@@H]1C(=O)O. The number of halogens is 1. The van der Waals surface area contributed by atoms with Gasteiger partial charge in [-0.3, -0.25) is 4.79 Å². The number of hydrogen-bond acceptors (Lipinski definition) is 4. The summed E-state index contributed by atoms with van der Waals surface area (Å²) < 4.78 is 38.9. The highest BCUT2D eigenvalue weighted by molar-refractivity contribution is 7.89. The van der Waals surface area contributed by atoms with E-state index in [0.29, 0.717) is 9.87 Å². The molecule has 0 amide bonds. The van der Waals surface area contributed by atoms with Crippen LogP contribution in [0.4, 0.5) is 4.39 Å². The monoisotopic (exact) mass is 303 g/mol. The van der Waals surface area contributed by atoms with E-state index in [2.05, 4.69) is 0 Å². The van der Waals surface area contributed by atoms with E-state index in [-0.39, 0.29) is 17.9 Å². The van der Waals surface area contributed by atoms with Crippen LogP contribution >= 0.6 is 0 Å². The van der Waals surface area contributed by atoms with Crippen molar-refractivity contribution in [1.82, 2.24) is 4.31 Å². The molecule has 0 bridgehead atoms. The summed E-state index contributed by atoms with van der Waals surface area (Å²) in [5, 5.41) is 18.6. The van der Waals surface area contributed by atoms with Crippen molar-refractivity contribution < 1.29 is 27.8 Å². The van der Waals surface area contributed by atoms with Gasteiger partial charge in [0.05, 0.1) is 11.0 Å². The van der Waals surface area contributed by atoms with Gasteiger partial charge in [-0.25, -0.2) is 12.8 Å². The maximum atomic E-state index is 13.2. The molecule has 1 aromatic carbocycles. The summed E-state index contributed by atoms with van der Waals surface area (Å²) in [5.74, 6) is -2.06. The standard InChI is InChI=1S/C12H14FNO5S/c1-7-2-3-8(13)4-11(7)20(18,19)14-6-9(15)5-10(14)12(16)17/h2-4,9-10,15H,5-6H2,1H3,(H,16,17)/t9-,10-/m1/s1. The Labute approximate surface area is 115 Å². The normalized spacial score (nSPS) is 23.9. The van der Waals surface area contributed by atoms with E-state index in [9.17, 15) is 22.7 Å². The first kappa shape index (κ1) is 14.9. The molecule has 1 saturated heterocycles. The van der Waals surface area contributed by atoms with Gasteiger partial charge in [-0.05, 0) is 24.6 Å². The molecular weight excluding hydrogens is 289 g/mol. The van der Waals surface area contributed by atoms with Crippen molar-refractivity contribution in [3.63, 3.8) is 0 Å². The molecule has 8 heteroatoms. The molecule has 1 aliphatic rings. The predicted molar refractivity (Wildman–Crippen MR) is 67.1 cm³/mol. The minimum atomic E-state index is -4.17. The lowest BCUT2D eigenvalue weighted by Crippen LogP contribution is -2.40. The van der Waals surface area contributed by atoms with Crippen molar-refractivity contribution in [3.8, 4) is 0 Å². The van der Waals surface area contributed by atoms with E-state index in [1.807, 2.05) is 0 Å². The smallest absolute Gasteiger partial charge is 0.322 e. The van der Waals surface area contributed by atoms with Crippen molar-refractivity contribution >= 4 is 16.0 Å². The summed E-state index contributed by atoms with van der Waals surface area (Å²) >= 11 is 0. The molecule has 0 saturated carbocycles. The molecule has 2 rings (SSSR count). The Bertz CT molecular complexity index is 645. The highest BCUT2D eigenvalue weighted by Crippen LogP contribution is 2.28. The number of β-amino-alcohol motifs (C(OH)–C–C–N with tert-alkyl or cyclic N) is 1. The summed E-state index contributed by atoms with van der Waals surface area (Å²) in [6.45, 7) is 1.18. The number of aliphatic carboxylic acids is 1. The zero-order valence-corrected chi connectivity index (χ0v) is 11.5. The number of aliphatic hydroxyl groups excluding tert-OH is 1. The predicted octanol–water partition coefficient (Wildman–Crippen LogP) is 0.343. The van der Waals surface area contributed by atoms with Gasteiger partial charge in [0.15, 0.2) is 0 Å². The molecule has 0 aromatic heterocycles. The van der Waals surface area contributed by atoms with Gasteiger partial charge in [-0.2, -0.15) is 4.31 Å². The molecule has 6 nitrogen and oxygen atoms in total. The van der Waals surface area contributed by atoms with Crippen LogP contribution in [0.25, 0.3) is 0 Å². The zero-order chi connectivity index (χ0) is 15.1. The topological polar surface area (TPSA) is 94.9 Å². The van der Waals surface area contributed by atoms with Gasteiger partial charge < -0.3 is 10.2 Å². The minimum Gasteiger partial charge on any atom is -0.480 e. The van der Waals surface area contributed by atoms with Crippen LogP contribution < -0.4 is 0 Å². The van der Waals surface area contributed by atoms with Crippen LogP contribution in [0, 0.1) is 12.7 Å². The van der Waals surface area contributed by atoms with E-state index in [1.165, 1.54) is 13.0 Å². The third-order valence-electron chi connectivity index (χ3n) is 3.26. The van der Waals surface area contributed by atoms with Crippen molar-refractivity contribution in [2.24, 2.45) is 0 Å². The number of rotatable bonds is 3. The summed E-state index contributed by atoms with van der Waals surface area (Å²) in [4.78, 5) is 10.8. The Hall–Kier alpha value is -1.51. The fourth-order valence-electron chi connectivity index (χ4n) is 2.25. The Morgan fingerprint density at radius 2 is 2.10 bits per heavy atom. The number of aryl methyl sites for hydroxylation is 1. The lowest BCUT2D eigenvalue weighted by atomic mass is 10.2. The number of aliphatic hydroxyl groups is 1. The third-order valence-corrected chi connectivity index (χ3v) is 5.27. The largest absolute Gasteiger partial charge is 0.480 e. The van der Waals surface area contributed by atoms with Gasteiger partial charge in [-0.15, -0.1) is 0 Å². The number of carbonyl (C=O) groups is 1. The summed E-state index contributed by atoms with van der Waals surface area (Å²) in [7, 11) is -4.17. The zero-order valence-electron chi connectivity index (χ0n) is 10.7. The molecule has 0 unspecified atom stereocenters. The molecule has 2 atom stereocenters. The van der Waals surface area contributed by atoms with Gasteiger partial charge in [0, 0.05) is 13.0 Å². The van der Waals surface area contributed by atoms with Crippen LogP contribution in [0.15, 0.2) is 23.1 Å². The Balaban J connectivity index is 2.49. The summed E-state index contributed by atoms with van der Waals surface area (Å²) in [6, 6.07) is 1.96. The van der Waals surface area contributed by atoms with Gasteiger partial charge in [0.2, 0.25) is 10.0 Å². The Morgan fingerprint density at radius 3 is 2.70 bits per heavy atom. The Kier molecular flexibility index (Phi) is 3.81. The maximum Gasteiger partial charge on any atom is 0.322 e. The van der Waals surface area contributed by atoms with E-state index in [4.69, 9.17) is 5.11 Å². The maximum absolute atomic E-state index is 13.2. The molecule has 0 spiro atoms. The number of hydrogen-bond donors (Lipinski definition) is 2. The molecule has 1 heterocycles. The average molecular weight is 303 g/mol. The first-order valence-corrected chi connectivity index (χ1v) is 7.36. The second-order valence-corrected chi connectivity index (χ2v) is 6.59. The molecular formula is C12H14FNO5S. The second kappa shape index (κ2) is 5.12. The second-order valence-electron chi connectivity index (χ2n) is 4.73. The lowest BCUT2D eigenvalue weighted by Gasteiger charge is -2.21. The first-order valence-electron chi connectivity index (χ1n) is 5.92. The molecule has 20 heavy (non-hydrogen) atoms. The minimum absolute atomic E-state index is 0.178. The van der Waals surface area contributed by atoms with Crippen LogP contribution in [-0.2, 0) is 14.8 Å². The summed E-state index contributed by atoms with van der Waals surface area (Å²) in [6.07, 6.45) is -1.22. The van der Waals surface area contributed by atoms with Gasteiger partial charge in [0.25, 0.3) is 0 Å². The molecule has 1 aliphatic heterocycles. The number of nitrogens with zero attached hydrogens (tertiary/aromatic N) is 1. The number of benzene rings is 1. The fourth-order valence-corrected chi connectivity index (χ4v) is 4.12. The van der Waals surface area contributed by atoms with E-state index < -0.39 is 34.0 Å². The number of carboxylic acid groups (broad SMARTS) is 1. The van der Waals surface area contributed by atoms with Crippen molar-refractivity contribution in [3.05, 3.63) is 29.6 Å². The molecule has 1 fully saturated rings. The summed E-state index contributed by atoms with van der Waals surface area (Å²) in [5.41, 5.74) is 0.317.